The normalized spacial score (nSPS) is 15.0. The first-order valence-corrected chi connectivity index (χ1v) is 11.6. The fourth-order valence-electron chi connectivity index (χ4n) is 3.38. The number of halogens is 2. The van der Waals surface area contributed by atoms with Gasteiger partial charge in [-0.1, -0.05) is 24.3 Å². The molecule has 0 unspecified atom stereocenters. The molecular formula is C22H30FIN4O3S. The topological polar surface area (TPSA) is 91.8 Å². The molecule has 0 saturated heterocycles. The number of ether oxygens (including phenoxy) is 1. The van der Waals surface area contributed by atoms with E-state index in [0.717, 1.165) is 24.0 Å². The lowest BCUT2D eigenvalue weighted by Crippen LogP contribution is -2.41. The molecule has 2 aromatic carbocycles. The van der Waals surface area contributed by atoms with Gasteiger partial charge in [0.2, 0.25) is 10.0 Å². The lowest BCUT2D eigenvalue weighted by molar-refractivity contribution is 0.204. The molecule has 1 saturated carbocycles. The molecule has 0 radical (unpaired) electrons. The monoisotopic (exact) mass is 576 g/mol. The Bertz CT molecular complexity index is 1030. The Labute approximate surface area is 206 Å². The third-order valence-corrected chi connectivity index (χ3v) is 6.83. The van der Waals surface area contributed by atoms with Crippen molar-refractivity contribution >= 4 is 40.0 Å². The maximum Gasteiger partial charge on any atom is 0.240 e. The minimum Gasteiger partial charge on any atom is -0.383 e. The quantitative estimate of drug-likeness (QED) is 0.175. The summed E-state index contributed by atoms with van der Waals surface area (Å²) in [6.45, 7) is 1.58. The summed E-state index contributed by atoms with van der Waals surface area (Å²) in [7, 11) is -0.392. The van der Waals surface area contributed by atoms with E-state index in [1.54, 1.807) is 37.4 Å². The number of guanidine groups is 1. The molecule has 3 N–H and O–H groups in total. The fourth-order valence-corrected chi connectivity index (χ4v) is 4.46. The smallest absolute Gasteiger partial charge is 0.240 e. The van der Waals surface area contributed by atoms with E-state index in [2.05, 4.69) is 20.3 Å². The predicted octanol–water partition coefficient (Wildman–Crippen LogP) is 2.77. The Balaban J connectivity index is 0.00000363. The number of hydrogen-bond acceptors (Lipinski definition) is 4. The summed E-state index contributed by atoms with van der Waals surface area (Å²) in [6.07, 6.45) is 1.99. The largest absolute Gasteiger partial charge is 0.383 e. The predicted molar refractivity (Wildman–Crippen MR) is 134 cm³/mol. The van der Waals surface area contributed by atoms with Crippen molar-refractivity contribution in [3.8, 4) is 0 Å². The van der Waals surface area contributed by atoms with Crippen molar-refractivity contribution in [3.05, 3.63) is 65.5 Å². The molecule has 32 heavy (non-hydrogen) atoms. The molecule has 0 heterocycles. The minimum absolute atomic E-state index is 0. The molecule has 10 heteroatoms. The highest BCUT2D eigenvalue weighted by Crippen LogP contribution is 2.47. The van der Waals surface area contributed by atoms with Gasteiger partial charge >= 0.3 is 0 Å². The van der Waals surface area contributed by atoms with E-state index in [1.165, 1.54) is 13.2 Å². The zero-order chi connectivity index (χ0) is 22.3. The van der Waals surface area contributed by atoms with Gasteiger partial charge in [0.15, 0.2) is 5.96 Å². The van der Waals surface area contributed by atoms with E-state index in [-0.39, 0.29) is 46.6 Å². The highest BCUT2D eigenvalue weighted by molar-refractivity contribution is 14.0. The minimum atomic E-state index is -3.59. The van der Waals surface area contributed by atoms with Gasteiger partial charge in [-0.2, -0.15) is 0 Å². The number of nitrogens with one attached hydrogen (secondary N) is 3. The third-order valence-electron chi connectivity index (χ3n) is 5.38. The van der Waals surface area contributed by atoms with Crippen LogP contribution in [0.25, 0.3) is 0 Å². The summed E-state index contributed by atoms with van der Waals surface area (Å²) in [5, 5.41) is 6.52. The van der Waals surface area contributed by atoms with Crippen LogP contribution in [0.5, 0.6) is 0 Å². The molecular weight excluding hydrogens is 546 g/mol. The SMILES string of the molecule is CN=C(NCc1cccc(S(=O)(=O)NCCOC)c1)NCC1(c2cccc(F)c2)CC1.I. The van der Waals surface area contributed by atoms with Gasteiger partial charge in [-0.05, 0) is 48.2 Å². The van der Waals surface area contributed by atoms with Gasteiger partial charge in [-0.15, -0.1) is 24.0 Å². The number of rotatable bonds is 10. The molecule has 0 aromatic heterocycles. The van der Waals surface area contributed by atoms with Gasteiger partial charge in [0.25, 0.3) is 0 Å². The van der Waals surface area contributed by atoms with Crippen LogP contribution in [0.1, 0.15) is 24.0 Å². The Kier molecular flexibility index (Phi) is 9.86. The van der Waals surface area contributed by atoms with Crippen LogP contribution in [0.4, 0.5) is 4.39 Å². The maximum absolute atomic E-state index is 13.6. The zero-order valence-electron chi connectivity index (χ0n) is 18.2. The molecule has 0 bridgehead atoms. The van der Waals surface area contributed by atoms with Gasteiger partial charge in [-0.3, -0.25) is 4.99 Å². The lowest BCUT2D eigenvalue weighted by atomic mass is 9.96. The summed E-state index contributed by atoms with van der Waals surface area (Å²) in [6, 6.07) is 13.5. The average molecular weight is 576 g/mol. The fraction of sp³-hybridized carbons (Fsp3) is 0.409. The summed E-state index contributed by atoms with van der Waals surface area (Å²) in [5.41, 5.74) is 1.74. The number of nitrogens with zero attached hydrogens (tertiary/aromatic N) is 1. The van der Waals surface area contributed by atoms with Gasteiger partial charge in [0.1, 0.15) is 5.82 Å². The van der Waals surface area contributed by atoms with Crippen LogP contribution >= 0.6 is 24.0 Å². The number of aliphatic imine (C=N–C) groups is 1. The molecule has 1 aliphatic rings. The summed E-state index contributed by atoms with van der Waals surface area (Å²) in [4.78, 5) is 4.44. The summed E-state index contributed by atoms with van der Waals surface area (Å²) >= 11 is 0. The van der Waals surface area contributed by atoms with E-state index in [4.69, 9.17) is 4.74 Å². The molecule has 0 atom stereocenters. The lowest BCUT2D eigenvalue weighted by Gasteiger charge is -2.19. The standard InChI is InChI=1S/C22H29FN4O3S.HI/c1-24-21(26-16-22(9-10-22)18-6-4-7-19(23)14-18)25-15-17-5-3-8-20(13-17)31(28,29)27-11-12-30-2;/h3-8,13-14,27H,9-12,15-16H2,1-2H3,(H2,24,25,26);1H. The second kappa shape index (κ2) is 11.9. The molecule has 0 spiro atoms. The van der Waals surface area contributed by atoms with Crippen molar-refractivity contribution in [3.63, 3.8) is 0 Å². The van der Waals surface area contributed by atoms with E-state index in [1.807, 2.05) is 12.1 Å². The molecule has 176 valence electrons. The third kappa shape index (κ3) is 7.12. The van der Waals surface area contributed by atoms with Crippen LogP contribution in [0.2, 0.25) is 0 Å². The second-order valence-corrected chi connectivity index (χ2v) is 9.37. The van der Waals surface area contributed by atoms with Gasteiger partial charge < -0.3 is 15.4 Å². The Morgan fingerprint density at radius 2 is 1.91 bits per heavy atom. The molecule has 1 aliphatic carbocycles. The first-order valence-electron chi connectivity index (χ1n) is 10.2. The molecule has 1 fully saturated rings. The van der Waals surface area contributed by atoms with Crippen molar-refractivity contribution in [2.75, 3.05) is 33.9 Å². The van der Waals surface area contributed by atoms with Crippen molar-refractivity contribution in [2.24, 2.45) is 4.99 Å². The molecule has 3 rings (SSSR count). The highest BCUT2D eigenvalue weighted by Gasteiger charge is 2.44. The van der Waals surface area contributed by atoms with E-state index < -0.39 is 10.0 Å². The summed E-state index contributed by atoms with van der Waals surface area (Å²) in [5.74, 6) is 0.381. The van der Waals surface area contributed by atoms with Crippen LogP contribution in [0.15, 0.2) is 58.4 Å². The van der Waals surface area contributed by atoms with Crippen LogP contribution in [-0.2, 0) is 26.7 Å². The van der Waals surface area contributed by atoms with Gasteiger partial charge in [-0.25, -0.2) is 17.5 Å². The average Bonchev–Trinajstić information content (AvgIpc) is 3.55. The van der Waals surface area contributed by atoms with Crippen LogP contribution in [0.3, 0.4) is 0 Å². The highest BCUT2D eigenvalue weighted by atomic mass is 127. The number of benzene rings is 2. The van der Waals surface area contributed by atoms with Crippen LogP contribution < -0.4 is 15.4 Å². The van der Waals surface area contributed by atoms with Crippen molar-refractivity contribution in [2.45, 2.75) is 29.7 Å². The van der Waals surface area contributed by atoms with Gasteiger partial charge in [0.05, 0.1) is 11.5 Å². The van der Waals surface area contributed by atoms with E-state index >= 15 is 0 Å². The van der Waals surface area contributed by atoms with Crippen LogP contribution in [-0.4, -0.2) is 48.2 Å². The summed E-state index contributed by atoms with van der Waals surface area (Å²) < 4.78 is 45.7. The first kappa shape index (κ1) is 26.5. The Morgan fingerprint density at radius 3 is 2.56 bits per heavy atom. The zero-order valence-corrected chi connectivity index (χ0v) is 21.4. The molecule has 0 amide bonds. The maximum atomic E-state index is 13.6. The van der Waals surface area contributed by atoms with E-state index in [0.29, 0.717) is 25.7 Å². The van der Waals surface area contributed by atoms with Crippen molar-refractivity contribution in [1.29, 1.82) is 0 Å². The molecule has 2 aromatic rings. The number of methoxy groups -OCH3 is 1. The van der Waals surface area contributed by atoms with Gasteiger partial charge in [0, 0.05) is 39.2 Å². The van der Waals surface area contributed by atoms with Crippen molar-refractivity contribution < 1.29 is 17.5 Å². The van der Waals surface area contributed by atoms with Crippen LogP contribution in [0, 0.1) is 5.82 Å². The molecule has 7 nitrogen and oxygen atoms in total. The van der Waals surface area contributed by atoms with Crippen molar-refractivity contribution in [1.82, 2.24) is 15.4 Å². The number of hydrogen-bond donors (Lipinski definition) is 3. The number of sulfonamides is 1. The second-order valence-electron chi connectivity index (χ2n) is 7.61. The first-order chi connectivity index (χ1) is 14.9. The van der Waals surface area contributed by atoms with E-state index in [9.17, 15) is 12.8 Å². The Morgan fingerprint density at radius 1 is 1.16 bits per heavy atom. The molecule has 0 aliphatic heterocycles. The Hall–Kier alpha value is -1.76.